The smallest absolute Gasteiger partial charge is 0.0601 e. The Labute approximate surface area is 86.7 Å². The predicted molar refractivity (Wildman–Crippen MR) is 59.8 cm³/mol. The van der Waals surface area contributed by atoms with Crippen LogP contribution >= 0.6 is 0 Å². The SMILES string of the molecule is C=CC[C@H]1CCCC[C@@H]1/C(CC)=N\O. The first kappa shape index (κ1) is 11.3. The van der Waals surface area contributed by atoms with Crippen molar-refractivity contribution in [2.45, 2.75) is 45.4 Å². The number of hydrogen-bond donors (Lipinski definition) is 1. The highest BCUT2D eigenvalue weighted by Crippen LogP contribution is 2.34. The van der Waals surface area contributed by atoms with Gasteiger partial charge in [-0.3, -0.25) is 0 Å². The summed E-state index contributed by atoms with van der Waals surface area (Å²) in [5.74, 6) is 1.16. The first-order valence-electron chi connectivity index (χ1n) is 5.65. The molecule has 0 radical (unpaired) electrons. The molecule has 1 fully saturated rings. The zero-order valence-electron chi connectivity index (χ0n) is 9.08. The molecule has 0 unspecified atom stereocenters. The Kier molecular flexibility index (Phi) is 4.71. The summed E-state index contributed by atoms with van der Waals surface area (Å²) < 4.78 is 0. The van der Waals surface area contributed by atoms with Crippen LogP contribution in [0.1, 0.15) is 45.4 Å². The number of rotatable bonds is 4. The van der Waals surface area contributed by atoms with E-state index >= 15 is 0 Å². The Morgan fingerprint density at radius 2 is 2.21 bits per heavy atom. The number of oxime groups is 1. The molecule has 0 aromatic rings. The van der Waals surface area contributed by atoms with Crippen molar-refractivity contribution in [2.75, 3.05) is 0 Å². The molecule has 0 saturated heterocycles. The van der Waals surface area contributed by atoms with Crippen molar-refractivity contribution < 1.29 is 5.21 Å². The Balaban J connectivity index is 2.65. The largest absolute Gasteiger partial charge is 0.411 e. The molecule has 0 aromatic carbocycles. The van der Waals surface area contributed by atoms with Gasteiger partial charge in [-0.2, -0.15) is 0 Å². The molecule has 0 bridgehead atoms. The van der Waals surface area contributed by atoms with Gasteiger partial charge in [0.05, 0.1) is 5.71 Å². The summed E-state index contributed by atoms with van der Waals surface area (Å²) in [6.45, 7) is 5.86. The van der Waals surface area contributed by atoms with E-state index in [-0.39, 0.29) is 0 Å². The molecule has 0 aromatic heterocycles. The van der Waals surface area contributed by atoms with E-state index in [9.17, 15) is 0 Å². The molecule has 0 spiro atoms. The van der Waals surface area contributed by atoms with E-state index in [0.717, 1.165) is 18.6 Å². The summed E-state index contributed by atoms with van der Waals surface area (Å²) in [6.07, 6.45) is 8.96. The van der Waals surface area contributed by atoms with Crippen molar-refractivity contribution in [2.24, 2.45) is 17.0 Å². The van der Waals surface area contributed by atoms with Crippen LogP contribution < -0.4 is 0 Å². The maximum absolute atomic E-state index is 8.93. The quantitative estimate of drug-likeness (QED) is 0.316. The lowest BCUT2D eigenvalue weighted by atomic mass is 9.74. The van der Waals surface area contributed by atoms with Crippen molar-refractivity contribution in [3.05, 3.63) is 12.7 Å². The fourth-order valence-electron chi connectivity index (χ4n) is 2.55. The maximum atomic E-state index is 8.93. The molecule has 0 aliphatic heterocycles. The molecule has 14 heavy (non-hydrogen) atoms. The zero-order chi connectivity index (χ0) is 10.4. The predicted octanol–water partition coefficient (Wildman–Crippen LogP) is 3.61. The van der Waals surface area contributed by atoms with Crippen LogP contribution in [0.15, 0.2) is 17.8 Å². The van der Waals surface area contributed by atoms with Gasteiger partial charge in [0.1, 0.15) is 0 Å². The molecule has 0 amide bonds. The van der Waals surface area contributed by atoms with E-state index in [1.165, 1.54) is 25.7 Å². The van der Waals surface area contributed by atoms with Crippen LogP contribution in [0.3, 0.4) is 0 Å². The molecule has 1 rings (SSSR count). The van der Waals surface area contributed by atoms with Gasteiger partial charge in [-0.25, -0.2) is 0 Å². The molecule has 0 heterocycles. The van der Waals surface area contributed by atoms with Crippen LogP contribution in [-0.4, -0.2) is 10.9 Å². The van der Waals surface area contributed by atoms with Crippen LogP contribution in [0.5, 0.6) is 0 Å². The van der Waals surface area contributed by atoms with Gasteiger partial charge in [0, 0.05) is 5.92 Å². The van der Waals surface area contributed by atoms with E-state index in [1.54, 1.807) is 0 Å². The summed E-state index contributed by atoms with van der Waals surface area (Å²) in [4.78, 5) is 0. The maximum Gasteiger partial charge on any atom is 0.0601 e. The van der Waals surface area contributed by atoms with Crippen LogP contribution in [0.4, 0.5) is 0 Å². The summed E-state index contributed by atoms with van der Waals surface area (Å²) in [6, 6.07) is 0. The average molecular weight is 195 g/mol. The molecule has 1 aliphatic carbocycles. The third-order valence-corrected chi connectivity index (χ3v) is 3.30. The minimum atomic E-state index is 0.497. The van der Waals surface area contributed by atoms with Gasteiger partial charge in [0.25, 0.3) is 0 Å². The van der Waals surface area contributed by atoms with Gasteiger partial charge in [-0.1, -0.05) is 31.0 Å². The lowest BCUT2D eigenvalue weighted by Gasteiger charge is -2.31. The minimum Gasteiger partial charge on any atom is -0.411 e. The third-order valence-electron chi connectivity index (χ3n) is 3.30. The standard InChI is InChI=1S/C12H21NO/c1-3-7-10-8-5-6-9-11(10)12(4-2)13-14/h3,10-11,14H,1,4-9H2,2H3/b13-12-/t10-,11-/m0/s1. The van der Waals surface area contributed by atoms with Crippen molar-refractivity contribution >= 4 is 5.71 Å². The van der Waals surface area contributed by atoms with Crippen LogP contribution in [0, 0.1) is 11.8 Å². The highest BCUT2D eigenvalue weighted by molar-refractivity contribution is 5.86. The summed E-state index contributed by atoms with van der Waals surface area (Å²) in [5.41, 5.74) is 0.983. The average Bonchev–Trinajstić information content (AvgIpc) is 2.23. The fraction of sp³-hybridized carbons (Fsp3) is 0.750. The Morgan fingerprint density at radius 3 is 2.79 bits per heavy atom. The highest BCUT2D eigenvalue weighted by atomic mass is 16.4. The van der Waals surface area contributed by atoms with E-state index in [2.05, 4.69) is 18.7 Å². The van der Waals surface area contributed by atoms with Crippen LogP contribution in [0.2, 0.25) is 0 Å². The van der Waals surface area contributed by atoms with Crippen LogP contribution in [0.25, 0.3) is 0 Å². The van der Waals surface area contributed by atoms with E-state index in [4.69, 9.17) is 5.21 Å². The molecule has 1 N–H and O–H groups in total. The Hall–Kier alpha value is -0.790. The fourth-order valence-corrected chi connectivity index (χ4v) is 2.55. The second-order valence-corrected chi connectivity index (χ2v) is 4.12. The molecular weight excluding hydrogens is 174 g/mol. The minimum absolute atomic E-state index is 0.497. The lowest BCUT2D eigenvalue weighted by molar-refractivity contribution is 0.275. The molecule has 1 saturated carbocycles. The number of allylic oxidation sites excluding steroid dienone is 1. The second kappa shape index (κ2) is 5.84. The van der Waals surface area contributed by atoms with Gasteiger partial charge < -0.3 is 5.21 Å². The van der Waals surface area contributed by atoms with Crippen molar-refractivity contribution in [3.8, 4) is 0 Å². The number of hydrogen-bond acceptors (Lipinski definition) is 2. The summed E-state index contributed by atoms with van der Waals surface area (Å²) in [5, 5.41) is 12.4. The third kappa shape index (κ3) is 2.60. The molecule has 2 heteroatoms. The molecule has 1 aliphatic rings. The van der Waals surface area contributed by atoms with Gasteiger partial charge in [-0.05, 0) is 31.6 Å². The second-order valence-electron chi connectivity index (χ2n) is 4.12. The van der Waals surface area contributed by atoms with Crippen molar-refractivity contribution in [1.82, 2.24) is 0 Å². The van der Waals surface area contributed by atoms with E-state index in [0.29, 0.717) is 11.8 Å². The normalized spacial score (nSPS) is 28.8. The van der Waals surface area contributed by atoms with E-state index < -0.39 is 0 Å². The molecule has 2 nitrogen and oxygen atoms in total. The molecule has 2 atom stereocenters. The monoisotopic (exact) mass is 195 g/mol. The number of nitrogens with zero attached hydrogens (tertiary/aromatic N) is 1. The zero-order valence-corrected chi connectivity index (χ0v) is 9.08. The lowest BCUT2D eigenvalue weighted by Crippen LogP contribution is -2.26. The topological polar surface area (TPSA) is 32.6 Å². The van der Waals surface area contributed by atoms with Crippen LogP contribution in [-0.2, 0) is 0 Å². The Morgan fingerprint density at radius 1 is 1.50 bits per heavy atom. The van der Waals surface area contributed by atoms with Crippen molar-refractivity contribution in [3.63, 3.8) is 0 Å². The summed E-state index contributed by atoms with van der Waals surface area (Å²) in [7, 11) is 0. The summed E-state index contributed by atoms with van der Waals surface area (Å²) >= 11 is 0. The Bertz CT molecular complexity index is 210. The highest BCUT2D eigenvalue weighted by Gasteiger charge is 2.27. The molecule has 80 valence electrons. The first-order valence-corrected chi connectivity index (χ1v) is 5.65. The van der Waals surface area contributed by atoms with Gasteiger partial charge in [0.15, 0.2) is 0 Å². The van der Waals surface area contributed by atoms with Gasteiger partial charge in [0.2, 0.25) is 0 Å². The molecular formula is C12H21NO. The van der Waals surface area contributed by atoms with Crippen molar-refractivity contribution in [1.29, 1.82) is 0 Å². The van der Waals surface area contributed by atoms with Gasteiger partial charge >= 0.3 is 0 Å². The van der Waals surface area contributed by atoms with E-state index in [1.807, 2.05) is 6.08 Å². The van der Waals surface area contributed by atoms with Gasteiger partial charge in [-0.15, -0.1) is 6.58 Å². The first-order chi connectivity index (χ1) is 6.83.